The summed E-state index contributed by atoms with van der Waals surface area (Å²) in [6, 6.07) is 0. The molecule has 2 N–H and O–H groups in total. The first-order chi connectivity index (χ1) is 15.3. The van der Waals surface area contributed by atoms with E-state index < -0.39 is 10.4 Å². The minimum atomic E-state index is -4.92. The van der Waals surface area contributed by atoms with Crippen LogP contribution in [-0.2, 0) is 10.4 Å². The van der Waals surface area contributed by atoms with Crippen molar-refractivity contribution in [3.8, 4) is 0 Å². The molecule has 8 atom stereocenters. The Morgan fingerprint density at radius 3 is 2.32 bits per heavy atom. The van der Waals surface area contributed by atoms with Crippen molar-refractivity contribution >= 4 is 10.4 Å². The number of rotatable bonds is 5. The molecule has 0 amide bonds. The van der Waals surface area contributed by atoms with E-state index in [1.54, 1.807) is 5.57 Å². The SMILES string of the molecule is CC(C)CCCC(C)C1CCC2C3CC=C4CC(O)CCC4(C)C3CCC12C.O=S(=O)([O-])O.[Na+]. The van der Waals surface area contributed by atoms with E-state index >= 15 is 0 Å². The number of hydrogen-bond donors (Lipinski definition) is 2. The zero-order valence-corrected chi connectivity index (χ0v) is 25.2. The summed E-state index contributed by atoms with van der Waals surface area (Å²) in [5.74, 6) is 5.46. The van der Waals surface area contributed by atoms with Gasteiger partial charge in [-0.15, -0.1) is 0 Å². The van der Waals surface area contributed by atoms with Crippen LogP contribution in [0.5, 0.6) is 0 Å². The summed E-state index contributed by atoms with van der Waals surface area (Å²) in [5, 5.41) is 10.2. The Morgan fingerprint density at radius 1 is 1.06 bits per heavy atom. The van der Waals surface area contributed by atoms with Crippen LogP contribution in [0.2, 0.25) is 0 Å². The number of aliphatic hydroxyl groups is 1. The van der Waals surface area contributed by atoms with E-state index in [-0.39, 0.29) is 35.7 Å². The molecule has 3 saturated carbocycles. The molecule has 0 spiro atoms. The fourth-order valence-electron chi connectivity index (χ4n) is 8.67. The van der Waals surface area contributed by atoms with Gasteiger partial charge >= 0.3 is 29.6 Å². The summed E-state index contributed by atoms with van der Waals surface area (Å²) in [6.45, 7) is 12.6. The van der Waals surface area contributed by atoms with Crippen LogP contribution in [0.3, 0.4) is 0 Å². The van der Waals surface area contributed by atoms with Crippen LogP contribution in [0, 0.1) is 46.3 Å². The Bertz CT molecular complexity index is 804. The van der Waals surface area contributed by atoms with Crippen molar-refractivity contribution in [2.75, 3.05) is 0 Å². The smallest absolute Gasteiger partial charge is 0.726 e. The van der Waals surface area contributed by atoms with Gasteiger partial charge in [-0.25, -0.2) is 8.42 Å². The maximum absolute atomic E-state index is 10.2. The van der Waals surface area contributed by atoms with Crippen LogP contribution in [0.4, 0.5) is 0 Å². The maximum Gasteiger partial charge on any atom is 1.00 e. The Hall–Kier alpha value is 0.570. The van der Waals surface area contributed by atoms with E-state index in [1.165, 1.54) is 57.8 Å². The van der Waals surface area contributed by atoms with Gasteiger partial charge in [-0.1, -0.05) is 65.5 Å². The predicted octanol–water partition coefficient (Wildman–Crippen LogP) is 3.40. The summed E-state index contributed by atoms with van der Waals surface area (Å²) >= 11 is 0. The van der Waals surface area contributed by atoms with Gasteiger partial charge in [0.25, 0.3) is 0 Å². The average Bonchev–Trinajstić information content (AvgIpc) is 3.04. The minimum absolute atomic E-state index is 0. The standard InChI is InChI=1S/C27H46O.Na.H2O4S/c1-18(2)7-6-8-19(3)23-11-12-24-22-10-9-20-17-21(28)13-15-26(20,4)25(22)14-16-27(23,24)5;;1-5(2,3)4/h9,18-19,21-25,28H,6-8,10-17H2,1-5H3;;(H2,1,2,3,4)/q;+1;/p-1. The van der Waals surface area contributed by atoms with E-state index in [0.29, 0.717) is 10.8 Å². The average molecular weight is 507 g/mol. The molecule has 0 aliphatic heterocycles. The fourth-order valence-corrected chi connectivity index (χ4v) is 8.67. The van der Waals surface area contributed by atoms with Crippen LogP contribution >= 0.6 is 0 Å². The quantitative estimate of drug-likeness (QED) is 0.258. The van der Waals surface area contributed by atoms with Crippen LogP contribution in [-0.4, -0.2) is 28.7 Å². The molecule has 8 unspecified atom stereocenters. The number of fused-ring (bicyclic) bond motifs is 5. The van der Waals surface area contributed by atoms with Crippen molar-refractivity contribution in [3.05, 3.63) is 11.6 Å². The molecule has 4 rings (SSSR count). The van der Waals surface area contributed by atoms with Crippen molar-refractivity contribution in [2.24, 2.45) is 46.3 Å². The minimum Gasteiger partial charge on any atom is -0.726 e. The second-order valence-corrected chi connectivity index (χ2v) is 13.5. The van der Waals surface area contributed by atoms with Crippen LogP contribution in [0.1, 0.15) is 105 Å². The normalized spacial score (nSPS) is 40.0. The van der Waals surface area contributed by atoms with Crippen molar-refractivity contribution in [3.63, 3.8) is 0 Å². The van der Waals surface area contributed by atoms with Gasteiger partial charge in [0, 0.05) is 0 Å². The second-order valence-electron chi connectivity index (χ2n) is 12.6. The molecule has 7 heteroatoms. The van der Waals surface area contributed by atoms with Crippen LogP contribution in [0.15, 0.2) is 11.6 Å². The molecule has 3 fully saturated rings. The molecule has 5 nitrogen and oxygen atoms in total. The van der Waals surface area contributed by atoms with Gasteiger partial charge in [-0.05, 0) is 97.7 Å². The summed E-state index contributed by atoms with van der Waals surface area (Å²) in [5.41, 5.74) is 2.60. The molecule has 0 aromatic heterocycles. The molecule has 0 aromatic carbocycles. The number of allylic oxidation sites excluding steroid dienone is 1. The van der Waals surface area contributed by atoms with Gasteiger partial charge in [0.2, 0.25) is 10.4 Å². The molecule has 192 valence electrons. The third-order valence-corrected chi connectivity index (χ3v) is 10.3. The van der Waals surface area contributed by atoms with Gasteiger partial charge in [0.15, 0.2) is 0 Å². The fraction of sp³-hybridized carbons (Fsp3) is 0.926. The Morgan fingerprint density at radius 2 is 1.71 bits per heavy atom. The number of hydrogen-bond acceptors (Lipinski definition) is 4. The van der Waals surface area contributed by atoms with Crippen LogP contribution in [0.25, 0.3) is 0 Å². The summed E-state index contributed by atoms with van der Waals surface area (Å²) in [6.07, 6.45) is 17.2. The molecule has 0 saturated heterocycles. The van der Waals surface area contributed by atoms with Gasteiger partial charge < -0.3 is 9.66 Å². The van der Waals surface area contributed by atoms with Crippen molar-refractivity contribution in [1.29, 1.82) is 0 Å². The van der Waals surface area contributed by atoms with E-state index in [0.717, 1.165) is 48.3 Å². The molecule has 34 heavy (non-hydrogen) atoms. The molecule has 0 aromatic rings. The van der Waals surface area contributed by atoms with Crippen molar-refractivity contribution in [2.45, 2.75) is 111 Å². The number of aliphatic hydroxyl groups excluding tert-OH is 1. The third-order valence-electron chi connectivity index (χ3n) is 10.3. The van der Waals surface area contributed by atoms with Gasteiger partial charge in [-0.2, -0.15) is 0 Å². The topological polar surface area (TPSA) is 97.7 Å². The van der Waals surface area contributed by atoms with Gasteiger partial charge in [0.1, 0.15) is 0 Å². The van der Waals surface area contributed by atoms with Gasteiger partial charge in [-0.3, -0.25) is 4.55 Å². The van der Waals surface area contributed by atoms with E-state index in [1.807, 2.05) is 0 Å². The predicted molar refractivity (Wildman–Crippen MR) is 131 cm³/mol. The van der Waals surface area contributed by atoms with Crippen LogP contribution < -0.4 is 29.6 Å². The zero-order chi connectivity index (χ0) is 24.6. The summed E-state index contributed by atoms with van der Waals surface area (Å²) in [4.78, 5) is 0. The molecule has 4 aliphatic carbocycles. The first-order valence-corrected chi connectivity index (χ1v) is 14.7. The monoisotopic (exact) mass is 506 g/mol. The Kier molecular flexibility index (Phi) is 10.8. The Labute approximate surface area is 230 Å². The third kappa shape index (κ3) is 6.90. The molecular weight excluding hydrogens is 459 g/mol. The van der Waals surface area contributed by atoms with E-state index in [2.05, 4.69) is 40.7 Å². The molecule has 0 heterocycles. The van der Waals surface area contributed by atoms with Crippen molar-refractivity contribution < 1.29 is 52.2 Å². The van der Waals surface area contributed by atoms with E-state index in [4.69, 9.17) is 17.5 Å². The molecule has 0 bridgehead atoms. The van der Waals surface area contributed by atoms with E-state index in [9.17, 15) is 5.11 Å². The summed E-state index contributed by atoms with van der Waals surface area (Å²) < 4.78 is 32.8. The second kappa shape index (κ2) is 12.0. The molecule has 4 aliphatic rings. The first kappa shape index (κ1) is 30.8. The molecular formula is C27H47NaO5S. The maximum atomic E-state index is 10.2. The Balaban J connectivity index is 0.000000619. The zero-order valence-electron chi connectivity index (χ0n) is 22.4. The largest absolute Gasteiger partial charge is 1.00 e. The summed E-state index contributed by atoms with van der Waals surface area (Å²) in [7, 11) is -4.92. The molecule has 0 radical (unpaired) electrons. The first-order valence-electron chi connectivity index (χ1n) is 13.3. The van der Waals surface area contributed by atoms with Crippen molar-refractivity contribution in [1.82, 2.24) is 0 Å². The van der Waals surface area contributed by atoms with Gasteiger partial charge in [0.05, 0.1) is 6.10 Å².